The lowest BCUT2D eigenvalue weighted by Gasteiger charge is -2.14. The van der Waals surface area contributed by atoms with E-state index in [-0.39, 0.29) is 6.04 Å². The highest BCUT2D eigenvalue weighted by Gasteiger charge is 2.06. The Balaban J connectivity index is 2.59. The van der Waals surface area contributed by atoms with Crippen molar-refractivity contribution in [2.24, 2.45) is 0 Å². The molecule has 0 spiro atoms. The zero-order valence-corrected chi connectivity index (χ0v) is 10.1. The van der Waals surface area contributed by atoms with Gasteiger partial charge in [0, 0.05) is 23.7 Å². The largest absolute Gasteiger partial charge is 0.383 e. The van der Waals surface area contributed by atoms with Crippen molar-refractivity contribution in [1.29, 1.82) is 0 Å². The predicted molar refractivity (Wildman–Crippen MR) is 63.3 cm³/mol. The van der Waals surface area contributed by atoms with Crippen molar-refractivity contribution in [2.45, 2.75) is 23.6 Å². The molecule has 0 saturated carbocycles. The standard InChI is InChI=1S/C11H15F2NOS/c1-8(7-15-2)14-9-4-3-5-10(6-9)16-11(12)13/h3-6,8,11,14H,7H2,1-2H3. The van der Waals surface area contributed by atoms with Crippen LogP contribution in [-0.4, -0.2) is 25.5 Å². The highest BCUT2D eigenvalue weighted by Crippen LogP contribution is 2.27. The van der Waals surface area contributed by atoms with Gasteiger partial charge in [-0.2, -0.15) is 8.78 Å². The molecule has 0 heterocycles. The topological polar surface area (TPSA) is 21.3 Å². The minimum atomic E-state index is -2.38. The monoisotopic (exact) mass is 247 g/mol. The van der Waals surface area contributed by atoms with Crippen molar-refractivity contribution in [1.82, 2.24) is 0 Å². The quantitative estimate of drug-likeness (QED) is 0.778. The molecule has 0 aliphatic carbocycles. The summed E-state index contributed by atoms with van der Waals surface area (Å²) in [6.45, 7) is 2.54. The van der Waals surface area contributed by atoms with Crippen LogP contribution in [0.25, 0.3) is 0 Å². The third-order valence-corrected chi connectivity index (χ3v) is 2.59. The van der Waals surface area contributed by atoms with Crippen LogP contribution < -0.4 is 5.32 Å². The molecule has 90 valence electrons. The van der Waals surface area contributed by atoms with E-state index in [1.54, 1.807) is 25.3 Å². The molecule has 0 radical (unpaired) electrons. The van der Waals surface area contributed by atoms with E-state index in [2.05, 4.69) is 5.32 Å². The Morgan fingerprint density at radius 1 is 1.44 bits per heavy atom. The fourth-order valence-electron chi connectivity index (χ4n) is 1.34. The van der Waals surface area contributed by atoms with Crippen LogP contribution in [0.2, 0.25) is 0 Å². The molecule has 0 aliphatic heterocycles. The third kappa shape index (κ3) is 4.81. The molecule has 0 aliphatic rings. The van der Waals surface area contributed by atoms with Crippen LogP contribution in [-0.2, 0) is 4.74 Å². The van der Waals surface area contributed by atoms with Crippen LogP contribution in [0.4, 0.5) is 14.5 Å². The Hall–Kier alpha value is -0.810. The summed E-state index contributed by atoms with van der Waals surface area (Å²) in [5.74, 6) is -2.38. The number of alkyl halides is 2. The predicted octanol–water partition coefficient (Wildman–Crippen LogP) is 3.45. The van der Waals surface area contributed by atoms with Crippen molar-refractivity contribution in [3.8, 4) is 0 Å². The molecule has 5 heteroatoms. The summed E-state index contributed by atoms with van der Waals surface area (Å²) in [5, 5.41) is 3.17. The Bertz CT molecular complexity index is 323. The van der Waals surface area contributed by atoms with Gasteiger partial charge in [0.05, 0.1) is 6.61 Å². The van der Waals surface area contributed by atoms with E-state index < -0.39 is 5.76 Å². The highest BCUT2D eigenvalue weighted by atomic mass is 32.2. The maximum atomic E-state index is 12.2. The summed E-state index contributed by atoms with van der Waals surface area (Å²) in [4.78, 5) is 0.560. The van der Waals surface area contributed by atoms with Gasteiger partial charge in [0.15, 0.2) is 0 Å². The van der Waals surface area contributed by atoms with Gasteiger partial charge in [-0.25, -0.2) is 0 Å². The first-order valence-corrected chi connectivity index (χ1v) is 5.80. The summed E-state index contributed by atoms with van der Waals surface area (Å²) >= 11 is 0.548. The summed E-state index contributed by atoms with van der Waals surface area (Å²) in [7, 11) is 1.63. The summed E-state index contributed by atoms with van der Waals surface area (Å²) in [6, 6.07) is 7.14. The van der Waals surface area contributed by atoms with Crippen LogP contribution in [0, 0.1) is 0 Å². The van der Waals surface area contributed by atoms with Crippen LogP contribution in [0.15, 0.2) is 29.2 Å². The minimum absolute atomic E-state index is 0.150. The molecule has 1 aromatic rings. The van der Waals surface area contributed by atoms with E-state index in [1.807, 2.05) is 13.0 Å². The molecule has 2 nitrogen and oxygen atoms in total. The number of hydrogen-bond donors (Lipinski definition) is 1. The van der Waals surface area contributed by atoms with Gasteiger partial charge in [-0.15, -0.1) is 0 Å². The van der Waals surface area contributed by atoms with E-state index in [1.165, 1.54) is 0 Å². The normalized spacial score (nSPS) is 12.8. The first kappa shape index (κ1) is 13.3. The SMILES string of the molecule is COCC(C)Nc1cccc(SC(F)F)c1. The van der Waals surface area contributed by atoms with Gasteiger partial charge < -0.3 is 10.1 Å². The number of methoxy groups -OCH3 is 1. The average Bonchev–Trinajstić information content (AvgIpc) is 2.17. The number of ether oxygens (including phenoxy) is 1. The van der Waals surface area contributed by atoms with Crippen molar-refractivity contribution >= 4 is 17.4 Å². The number of hydrogen-bond acceptors (Lipinski definition) is 3. The molecular formula is C11H15F2NOS. The third-order valence-electron chi connectivity index (χ3n) is 1.89. The maximum Gasteiger partial charge on any atom is 0.288 e. The fraction of sp³-hybridized carbons (Fsp3) is 0.455. The van der Waals surface area contributed by atoms with E-state index in [4.69, 9.17) is 4.74 Å². The van der Waals surface area contributed by atoms with Gasteiger partial charge in [-0.1, -0.05) is 17.8 Å². The molecule has 0 bridgehead atoms. The zero-order chi connectivity index (χ0) is 12.0. The fourth-order valence-corrected chi connectivity index (χ4v) is 1.90. The number of benzene rings is 1. The van der Waals surface area contributed by atoms with Crippen LogP contribution in [0.5, 0.6) is 0 Å². The molecule has 1 unspecified atom stereocenters. The van der Waals surface area contributed by atoms with Gasteiger partial charge in [0.25, 0.3) is 5.76 Å². The van der Waals surface area contributed by atoms with Crippen LogP contribution in [0.1, 0.15) is 6.92 Å². The smallest absolute Gasteiger partial charge is 0.288 e. The lowest BCUT2D eigenvalue weighted by atomic mass is 10.3. The van der Waals surface area contributed by atoms with E-state index in [0.717, 1.165) is 5.69 Å². The molecule has 1 rings (SSSR count). The molecular weight excluding hydrogens is 232 g/mol. The van der Waals surface area contributed by atoms with Crippen molar-refractivity contribution < 1.29 is 13.5 Å². The Labute approximate surface area is 98.4 Å². The number of nitrogens with one attached hydrogen (secondary N) is 1. The van der Waals surface area contributed by atoms with Gasteiger partial charge in [-0.05, 0) is 25.1 Å². The molecule has 0 aromatic heterocycles. The molecule has 16 heavy (non-hydrogen) atoms. The second kappa shape index (κ2) is 6.70. The second-order valence-corrected chi connectivity index (χ2v) is 4.47. The summed E-state index contributed by atoms with van der Waals surface area (Å²) in [6.07, 6.45) is 0. The Morgan fingerprint density at radius 2 is 2.19 bits per heavy atom. The number of halogens is 2. The minimum Gasteiger partial charge on any atom is -0.383 e. The summed E-state index contributed by atoms with van der Waals surface area (Å²) in [5.41, 5.74) is 0.829. The van der Waals surface area contributed by atoms with Gasteiger partial charge in [-0.3, -0.25) is 0 Å². The Morgan fingerprint density at radius 3 is 2.81 bits per heavy atom. The highest BCUT2D eigenvalue weighted by molar-refractivity contribution is 7.99. The second-order valence-electron chi connectivity index (χ2n) is 3.41. The number of anilines is 1. The lowest BCUT2D eigenvalue weighted by molar-refractivity contribution is 0.190. The molecule has 1 atom stereocenters. The number of rotatable bonds is 6. The van der Waals surface area contributed by atoms with Crippen molar-refractivity contribution in [3.05, 3.63) is 24.3 Å². The van der Waals surface area contributed by atoms with Gasteiger partial charge in [0.2, 0.25) is 0 Å². The zero-order valence-electron chi connectivity index (χ0n) is 9.24. The van der Waals surface area contributed by atoms with Crippen LogP contribution >= 0.6 is 11.8 Å². The van der Waals surface area contributed by atoms with E-state index >= 15 is 0 Å². The van der Waals surface area contributed by atoms with Gasteiger partial charge >= 0.3 is 0 Å². The first-order chi connectivity index (χ1) is 7.61. The molecule has 1 aromatic carbocycles. The van der Waals surface area contributed by atoms with E-state index in [0.29, 0.717) is 23.3 Å². The number of thioether (sulfide) groups is 1. The molecule has 0 fully saturated rings. The average molecular weight is 247 g/mol. The molecule has 0 saturated heterocycles. The first-order valence-electron chi connectivity index (χ1n) is 4.92. The lowest BCUT2D eigenvalue weighted by Crippen LogP contribution is -2.20. The van der Waals surface area contributed by atoms with E-state index in [9.17, 15) is 8.78 Å². The summed E-state index contributed by atoms with van der Waals surface area (Å²) < 4.78 is 29.3. The maximum absolute atomic E-state index is 12.2. The Kier molecular flexibility index (Phi) is 5.55. The van der Waals surface area contributed by atoms with Crippen molar-refractivity contribution in [3.63, 3.8) is 0 Å². The molecule has 0 amide bonds. The van der Waals surface area contributed by atoms with Crippen LogP contribution in [0.3, 0.4) is 0 Å². The molecule has 1 N–H and O–H groups in total. The van der Waals surface area contributed by atoms with Crippen molar-refractivity contribution in [2.75, 3.05) is 19.0 Å². The van der Waals surface area contributed by atoms with Gasteiger partial charge in [0.1, 0.15) is 0 Å².